The number of carbonyl (C=O) groups is 3. The van der Waals surface area contributed by atoms with Gasteiger partial charge in [-0.25, -0.2) is 0 Å². The lowest BCUT2D eigenvalue weighted by atomic mass is 9.85. The molecule has 1 saturated heterocycles. The number of nitrogens with zero attached hydrogens (tertiary/aromatic N) is 1. The van der Waals surface area contributed by atoms with Gasteiger partial charge in [-0.2, -0.15) is 4.20 Å². The fourth-order valence-corrected chi connectivity index (χ4v) is 3.26. The van der Waals surface area contributed by atoms with Gasteiger partial charge in [0, 0.05) is 20.0 Å². The fraction of sp³-hybridized carbons (Fsp3) is 0.812. The van der Waals surface area contributed by atoms with Crippen molar-refractivity contribution in [2.45, 2.75) is 39.2 Å². The van der Waals surface area contributed by atoms with Gasteiger partial charge in [-0.15, -0.1) is 0 Å². The molecular formula is C16H28FNO6P2. The number of rotatable bonds is 11. The maximum atomic E-state index is 12.9. The van der Waals surface area contributed by atoms with E-state index in [1.807, 2.05) is 6.92 Å². The summed E-state index contributed by atoms with van der Waals surface area (Å²) in [5, 5.41) is 0. The van der Waals surface area contributed by atoms with Gasteiger partial charge >= 0.3 is 11.9 Å². The van der Waals surface area contributed by atoms with E-state index in [0.29, 0.717) is 13.0 Å². The normalized spacial score (nSPS) is 20.5. The number of hydrogen-bond donors (Lipinski definition) is 0. The zero-order valence-corrected chi connectivity index (χ0v) is 17.7. The van der Waals surface area contributed by atoms with Crippen LogP contribution >= 0.6 is 17.1 Å². The lowest BCUT2D eigenvalue weighted by Gasteiger charge is -2.25. The van der Waals surface area contributed by atoms with E-state index >= 15 is 0 Å². The molecule has 1 amide bonds. The molecule has 0 aliphatic carbocycles. The number of hydrogen-bond acceptors (Lipinski definition) is 6. The Balaban J connectivity index is 2.72. The summed E-state index contributed by atoms with van der Waals surface area (Å²) < 4.78 is 27.7. The standard InChI is InChI=1S/C16H28FNO6P2/c1-5-11(16(21)23-9-13-8-22-13)7-12(14(19)18(3)4)6-10(2)15(20)24-26(17)25/h10-13H,5-9,25H2,1-4H3. The van der Waals surface area contributed by atoms with Crippen molar-refractivity contribution < 1.29 is 32.6 Å². The van der Waals surface area contributed by atoms with Gasteiger partial charge in [0.05, 0.1) is 18.4 Å². The molecule has 150 valence electrons. The predicted octanol–water partition coefficient (Wildman–Crippen LogP) is 2.69. The highest BCUT2D eigenvalue weighted by molar-refractivity contribution is 8.08. The monoisotopic (exact) mass is 411 g/mol. The van der Waals surface area contributed by atoms with Gasteiger partial charge in [-0.3, -0.25) is 14.4 Å². The lowest BCUT2D eigenvalue weighted by Crippen LogP contribution is -2.34. The van der Waals surface area contributed by atoms with Crippen molar-refractivity contribution in [3.63, 3.8) is 0 Å². The third-order valence-corrected chi connectivity index (χ3v) is 4.89. The molecule has 0 bridgehead atoms. The van der Waals surface area contributed by atoms with Crippen LogP contribution in [0.15, 0.2) is 0 Å². The number of amides is 1. The molecule has 1 heterocycles. The molecule has 7 nitrogen and oxygen atoms in total. The van der Waals surface area contributed by atoms with Crippen molar-refractivity contribution >= 4 is 34.9 Å². The number of carbonyl (C=O) groups excluding carboxylic acids is 3. The van der Waals surface area contributed by atoms with Gasteiger partial charge in [-0.05, 0) is 28.2 Å². The van der Waals surface area contributed by atoms with Gasteiger partial charge in [0.25, 0.3) is 8.15 Å². The summed E-state index contributed by atoms with van der Waals surface area (Å²) in [7, 11) is 2.66. The third kappa shape index (κ3) is 8.24. The molecule has 0 aromatic carbocycles. The van der Waals surface area contributed by atoms with Gasteiger partial charge in [0.1, 0.15) is 12.7 Å². The number of halogens is 1. The minimum absolute atomic E-state index is 0.0204. The summed E-state index contributed by atoms with van der Waals surface area (Å²) >= 11 is 0. The van der Waals surface area contributed by atoms with E-state index in [-0.39, 0.29) is 37.4 Å². The van der Waals surface area contributed by atoms with Crippen LogP contribution in [0.1, 0.15) is 33.1 Å². The largest absolute Gasteiger partial charge is 0.463 e. The number of ether oxygens (including phenoxy) is 2. The highest BCUT2D eigenvalue weighted by Crippen LogP contribution is 2.47. The van der Waals surface area contributed by atoms with Gasteiger partial charge < -0.3 is 18.9 Å². The zero-order chi connectivity index (χ0) is 19.9. The Bertz CT molecular complexity index is 501. The third-order valence-electron chi connectivity index (χ3n) is 4.22. The summed E-state index contributed by atoms with van der Waals surface area (Å²) in [6.45, 7) is 4.25. The van der Waals surface area contributed by atoms with Crippen LogP contribution in [0.4, 0.5) is 4.20 Å². The molecule has 10 heteroatoms. The van der Waals surface area contributed by atoms with E-state index < -0.39 is 31.9 Å². The van der Waals surface area contributed by atoms with Crippen molar-refractivity contribution in [3.8, 4) is 0 Å². The molecule has 0 aromatic heterocycles. The number of esters is 1. The van der Waals surface area contributed by atoms with Crippen LogP contribution in [0.3, 0.4) is 0 Å². The molecule has 1 rings (SSSR count). The van der Waals surface area contributed by atoms with Crippen LogP contribution in [0.2, 0.25) is 0 Å². The number of epoxide rings is 1. The van der Waals surface area contributed by atoms with E-state index in [2.05, 4.69) is 4.52 Å². The molecule has 0 aromatic rings. The molecule has 26 heavy (non-hydrogen) atoms. The first kappa shape index (κ1) is 23.2. The van der Waals surface area contributed by atoms with Gasteiger partial charge in [-0.1, -0.05) is 13.8 Å². The Morgan fingerprint density at radius 3 is 2.35 bits per heavy atom. The van der Waals surface area contributed by atoms with Gasteiger partial charge in [0.2, 0.25) is 5.91 Å². The second-order valence-corrected chi connectivity index (χ2v) is 8.62. The molecule has 1 fully saturated rings. The lowest BCUT2D eigenvalue weighted by molar-refractivity contribution is -0.150. The molecule has 0 N–H and O–H groups in total. The molecule has 6 atom stereocenters. The Labute approximate surface area is 157 Å². The Morgan fingerprint density at radius 2 is 1.88 bits per heavy atom. The second-order valence-electron chi connectivity index (χ2n) is 6.67. The average molecular weight is 411 g/mol. The maximum Gasteiger partial charge on any atom is 0.313 e. The molecule has 0 radical (unpaired) electrons. The minimum Gasteiger partial charge on any atom is -0.463 e. The van der Waals surface area contributed by atoms with Gasteiger partial charge in [0.15, 0.2) is 0 Å². The first-order valence-corrected chi connectivity index (χ1v) is 11.3. The van der Waals surface area contributed by atoms with Crippen molar-refractivity contribution in [2.24, 2.45) is 17.8 Å². The first-order valence-electron chi connectivity index (χ1n) is 8.57. The van der Waals surface area contributed by atoms with Crippen LogP contribution < -0.4 is 0 Å². The van der Waals surface area contributed by atoms with Crippen molar-refractivity contribution in [1.82, 2.24) is 4.90 Å². The topological polar surface area (TPSA) is 85.4 Å². The van der Waals surface area contributed by atoms with Crippen molar-refractivity contribution in [3.05, 3.63) is 0 Å². The predicted molar refractivity (Wildman–Crippen MR) is 98.9 cm³/mol. The van der Waals surface area contributed by atoms with Crippen LogP contribution in [0, 0.1) is 17.8 Å². The molecule has 0 spiro atoms. The van der Waals surface area contributed by atoms with E-state index in [9.17, 15) is 18.6 Å². The second kappa shape index (κ2) is 11.1. The summed E-state index contributed by atoms with van der Waals surface area (Å²) in [4.78, 5) is 38.0. The molecule has 1 aliphatic rings. The Kier molecular flexibility index (Phi) is 9.91. The summed E-state index contributed by atoms with van der Waals surface area (Å²) in [6, 6.07) is 0. The molecule has 1 aliphatic heterocycles. The quantitative estimate of drug-likeness (QED) is 0.295. The highest BCUT2D eigenvalue weighted by atomic mass is 32.0. The summed E-state index contributed by atoms with van der Waals surface area (Å²) in [5.74, 6) is -2.91. The van der Waals surface area contributed by atoms with E-state index in [1.54, 1.807) is 29.9 Å². The highest BCUT2D eigenvalue weighted by Gasteiger charge is 2.33. The molecule has 6 unspecified atom stereocenters. The fourth-order valence-electron chi connectivity index (χ4n) is 2.59. The first-order chi connectivity index (χ1) is 12.1. The smallest absolute Gasteiger partial charge is 0.313 e. The summed E-state index contributed by atoms with van der Waals surface area (Å²) in [6.07, 6.45) is 0.940. The SMILES string of the molecule is CCC(CC(CC(C)C(=O)OP(F)P)C(=O)N(C)C)C(=O)OCC1CO1. The van der Waals surface area contributed by atoms with Crippen LogP contribution in [0.25, 0.3) is 0 Å². The Hall–Kier alpha value is -0.840. The maximum absolute atomic E-state index is 12.9. The van der Waals surface area contributed by atoms with E-state index in [4.69, 9.17) is 9.47 Å². The van der Waals surface area contributed by atoms with Crippen LogP contribution in [-0.4, -0.2) is 56.2 Å². The van der Waals surface area contributed by atoms with E-state index in [1.165, 1.54) is 4.90 Å². The van der Waals surface area contributed by atoms with Crippen molar-refractivity contribution in [2.75, 3.05) is 27.3 Å². The van der Waals surface area contributed by atoms with Crippen LogP contribution in [0.5, 0.6) is 0 Å². The molecule has 0 saturated carbocycles. The molecular weight excluding hydrogens is 383 g/mol. The summed E-state index contributed by atoms with van der Waals surface area (Å²) in [5.41, 5.74) is 0. The van der Waals surface area contributed by atoms with Crippen molar-refractivity contribution in [1.29, 1.82) is 0 Å². The van der Waals surface area contributed by atoms with E-state index in [0.717, 1.165) is 0 Å². The Morgan fingerprint density at radius 1 is 1.27 bits per heavy atom. The average Bonchev–Trinajstić information content (AvgIpc) is 3.39. The van der Waals surface area contributed by atoms with Crippen LogP contribution in [-0.2, 0) is 28.4 Å². The minimum atomic E-state index is -2.37. The zero-order valence-electron chi connectivity index (χ0n) is 15.6.